The molecule has 0 aromatic heterocycles. The summed E-state index contributed by atoms with van der Waals surface area (Å²) in [6, 6.07) is 8.89. The maximum absolute atomic E-state index is 2.33. The molecule has 0 unspecified atom stereocenters. The Morgan fingerprint density at radius 2 is 2.00 bits per heavy atom. The normalized spacial score (nSPS) is 12.5. The van der Waals surface area contributed by atoms with Gasteiger partial charge in [-0.1, -0.05) is 35.0 Å². The first-order chi connectivity index (χ1) is 4.84. The van der Waals surface area contributed by atoms with Crippen molar-refractivity contribution in [3.63, 3.8) is 0 Å². The van der Waals surface area contributed by atoms with Gasteiger partial charge in [0.2, 0.25) is 0 Å². The Bertz CT molecular complexity index is 210. The average Bonchev–Trinajstić information content (AvgIpc) is 1.94. The molecule has 0 saturated heterocycles. The topological polar surface area (TPSA) is 0 Å². The van der Waals surface area contributed by atoms with Crippen molar-refractivity contribution in [1.29, 1.82) is 0 Å². The van der Waals surface area contributed by atoms with Gasteiger partial charge < -0.3 is 0 Å². The van der Waals surface area contributed by atoms with E-state index in [4.69, 9.17) is 0 Å². The molecule has 0 aliphatic rings. The molecule has 3 heteroatoms. The molecular weight excluding hydrogens is 168 g/mol. The predicted molar refractivity (Wildman–Crippen MR) is 57.8 cm³/mol. The number of hydrogen-bond donors (Lipinski definition) is 0. The standard InChI is InChI=1S/C7H14Si3/c1-6-4-2-3-5-7(6)9-10-8/h2-5H,9-10H2,1,8H3. The third kappa shape index (κ3) is 1.93. The lowest BCUT2D eigenvalue weighted by Crippen LogP contribution is -2.23. The lowest BCUT2D eigenvalue weighted by molar-refractivity contribution is 1.52. The van der Waals surface area contributed by atoms with Crippen molar-refractivity contribution in [2.75, 3.05) is 0 Å². The zero-order valence-corrected chi connectivity index (χ0v) is 11.6. The summed E-state index contributed by atoms with van der Waals surface area (Å²) >= 11 is 0. The Labute approximate surface area is 69.7 Å². The quantitative estimate of drug-likeness (QED) is 0.471. The predicted octanol–water partition coefficient (Wildman–Crippen LogP) is -1.85. The fourth-order valence-electron chi connectivity index (χ4n) is 1.16. The van der Waals surface area contributed by atoms with E-state index >= 15 is 0 Å². The van der Waals surface area contributed by atoms with Crippen LogP contribution in [0.15, 0.2) is 24.3 Å². The van der Waals surface area contributed by atoms with Crippen molar-refractivity contribution in [1.82, 2.24) is 0 Å². The zero-order chi connectivity index (χ0) is 7.40. The van der Waals surface area contributed by atoms with Gasteiger partial charge in [-0.25, -0.2) is 0 Å². The van der Waals surface area contributed by atoms with Crippen LogP contribution in [0.2, 0.25) is 0 Å². The minimum absolute atomic E-state index is 0.271. The molecule has 0 saturated carbocycles. The summed E-state index contributed by atoms with van der Waals surface area (Å²) in [4.78, 5) is 0. The van der Waals surface area contributed by atoms with Crippen LogP contribution in [0.25, 0.3) is 0 Å². The van der Waals surface area contributed by atoms with Crippen LogP contribution in [0.5, 0.6) is 0 Å². The van der Waals surface area contributed by atoms with Crippen molar-refractivity contribution in [2.45, 2.75) is 6.92 Å². The van der Waals surface area contributed by atoms with E-state index < -0.39 is 0 Å². The molecule has 0 amide bonds. The molecule has 10 heavy (non-hydrogen) atoms. The third-order valence-corrected chi connectivity index (χ3v) is 11.2. The van der Waals surface area contributed by atoms with Crippen LogP contribution in [-0.2, 0) is 0 Å². The molecule has 0 fully saturated rings. The smallest absolute Gasteiger partial charge is 0.0392 e. The van der Waals surface area contributed by atoms with Gasteiger partial charge in [0, 0.05) is 9.04 Å². The maximum atomic E-state index is 2.33. The van der Waals surface area contributed by atoms with Crippen molar-refractivity contribution in [3.05, 3.63) is 29.8 Å². The fourth-order valence-corrected chi connectivity index (χ4v) is 10.7. The highest BCUT2D eigenvalue weighted by Gasteiger charge is 1.93. The van der Waals surface area contributed by atoms with Gasteiger partial charge in [0.1, 0.15) is 0 Å². The van der Waals surface area contributed by atoms with Gasteiger partial charge in [-0.15, -0.1) is 0 Å². The molecule has 0 bridgehead atoms. The Hall–Kier alpha value is -0.129. The van der Waals surface area contributed by atoms with Crippen LogP contribution in [0, 0.1) is 6.92 Å². The van der Waals surface area contributed by atoms with E-state index in [9.17, 15) is 0 Å². The highest BCUT2D eigenvalue weighted by Crippen LogP contribution is 1.90. The summed E-state index contributed by atoms with van der Waals surface area (Å²) in [6.45, 7) is 2.24. The molecular formula is C7H14Si3. The van der Waals surface area contributed by atoms with Gasteiger partial charge in [-0.2, -0.15) is 0 Å². The second-order valence-electron chi connectivity index (χ2n) is 2.68. The molecule has 0 radical (unpaired) electrons. The van der Waals surface area contributed by atoms with Crippen molar-refractivity contribution in [2.24, 2.45) is 0 Å². The van der Waals surface area contributed by atoms with E-state index in [1.54, 1.807) is 5.19 Å². The first-order valence-corrected chi connectivity index (χ1v) is 14.3. The first kappa shape index (κ1) is 7.97. The van der Waals surface area contributed by atoms with E-state index in [0.717, 1.165) is 0 Å². The lowest BCUT2D eigenvalue weighted by Gasteiger charge is -2.00. The Balaban J connectivity index is 2.81. The molecule has 0 atom stereocenters. The van der Waals surface area contributed by atoms with Crippen LogP contribution in [0.1, 0.15) is 5.56 Å². The molecule has 0 aliphatic heterocycles. The van der Waals surface area contributed by atoms with Gasteiger partial charge >= 0.3 is 0 Å². The molecule has 54 valence electrons. The molecule has 0 aliphatic carbocycles. The molecule has 0 nitrogen and oxygen atoms in total. The Morgan fingerprint density at radius 3 is 2.60 bits per heavy atom. The number of rotatable bonds is 2. The second-order valence-corrected chi connectivity index (χ2v) is 18.4. The molecule has 0 N–H and O–H groups in total. The number of aryl methyl sites for hydroxylation is 1. The van der Waals surface area contributed by atoms with Crippen molar-refractivity contribution < 1.29 is 0 Å². The monoisotopic (exact) mass is 182 g/mol. The van der Waals surface area contributed by atoms with Gasteiger partial charge in [0.05, 0.1) is 0 Å². The van der Waals surface area contributed by atoms with E-state index in [1.165, 1.54) is 15.3 Å². The summed E-state index contributed by atoms with van der Waals surface area (Å²) in [6.07, 6.45) is 0. The van der Waals surface area contributed by atoms with Crippen LogP contribution in [0.4, 0.5) is 0 Å². The minimum Gasteiger partial charge on any atom is -0.0676 e. The van der Waals surface area contributed by atoms with Crippen LogP contribution < -0.4 is 5.19 Å². The number of hydrogen-bond acceptors (Lipinski definition) is 0. The fraction of sp³-hybridized carbons (Fsp3) is 0.143. The van der Waals surface area contributed by atoms with E-state index in [1.807, 2.05) is 0 Å². The largest absolute Gasteiger partial charge is 0.0676 e. The van der Waals surface area contributed by atoms with Gasteiger partial charge in [-0.05, 0) is 25.2 Å². The lowest BCUT2D eigenvalue weighted by atomic mass is 10.2. The van der Waals surface area contributed by atoms with Crippen molar-refractivity contribution in [3.8, 4) is 0 Å². The summed E-state index contributed by atoms with van der Waals surface area (Å²) in [7, 11) is 2.27. The molecule has 1 rings (SSSR count). The highest BCUT2D eigenvalue weighted by molar-refractivity contribution is 7.27. The zero-order valence-electron chi connectivity index (χ0n) is 6.72. The molecule has 1 aromatic carbocycles. The summed E-state index contributed by atoms with van der Waals surface area (Å²) < 4.78 is 0. The highest BCUT2D eigenvalue weighted by atomic mass is 29.5. The van der Waals surface area contributed by atoms with E-state index in [2.05, 4.69) is 31.2 Å². The molecule has 0 heterocycles. The Kier molecular flexibility index (Phi) is 3.11. The second kappa shape index (κ2) is 3.90. The maximum Gasteiger partial charge on any atom is 0.0392 e. The van der Waals surface area contributed by atoms with Gasteiger partial charge in [-0.3, -0.25) is 0 Å². The van der Waals surface area contributed by atoms with Crippen molar-refractivity contribution >= 4 is 32.5 Å². The Morgan fingerprint density at radius 1 is 1.30 bits per heavy atom. The number of benzene rings is 1. The summed E-state index contributed by atoms with van der Waals surface area (Å²) in [5.74, 6) is 0. The van der Waals surface area contributed by atoms with Gasteiger partial charge in [0.25, 0.3) is 0 Å². The SMILES string of the molecule is Cc1ccccc1[SiH2][SiH2][SiH3]. The van der Waals surface area contributed by atoms with Crippen LogP contribution in [-0.4, -0.2) is 27.4 Å². The van der Waals surface area contributed by atoms with Gasteiger partial charge in [0.15, 0.2) is 0 Å². The minimum atomic E-state index is 0.271. The van der Waals surface area contributed by atoms with Crippen LogP contribution in [0.3, 0.4) is 0 Å². The van der Waals surface area contributed by atoms with E-state index in [-0.39, 0.29) is 9.04 Å². The third-order valence-electron chi connectivity index (χ3n) is 1.78. The average molecular weight is 182 g/mol. The summed E-state index contributed by atoms with van der Waals surface area (Å²) in [5.41, 5.74) is 1.54. The first-order valence-electron chi connectivity index (χ1n) is 3.89. The summed E-state index contributed by atoms with van der Waals surface area (Å²) in [5, 5.41) is 1.73. The van der Waals surface area contributed by atoms with E-state index in [0.29, 0.717) is 8.55 Å². The molecule has 0 spiro atoms. The van der Waals surface area contributed by atoms with Crippen LogP contribution >= 0.6 is 0 Å². The molecule has 1 aromatic rings.